The highest BCUT2D eigenvalue weighted by atomic mass is 19.1. The van der Waals surface area contributed by atoms with Crippen LogP contribution < -0.4 is 0 Å². The molecule has 2 aliphatic rings. The SMILES string of the molecule is Cc1nccn1-c1cc(F)cc(C[C@H]2CC[C@H](C(=O)N3OCC[C@H]3c3cncc(F)c3)CC2)c1. The van der Waals surface area contributed by atoms with Gasteiger partial charge in [-0.05, 0) is 80.3 Å². The van der Waals surface area contributed by atoms with E-state index in [4.69, 9.17) is 4.84 Å². The molecule has 1 saturated carbocycles. The van der Waals surface area contributed by atoms with Crippen molar-refractivity contribution in [3.63, 3.8) is 0 Å². The lowest BCUT2D eigenvalue weighted by molar-refractivity contribution is -0.183. The van der Waals surface area contributed by atoms with Gasteiger partial charge in [0.2, 0.25) is 5.91 Å². The minimum Gasteiger partial charge on any atom is -0.304 e. The Morgan fingerprint density at radius 1 is 1.06 bits per heavy atom. The first kappa shape index (κ1) is 22.7. The van der Waals surface area contributed by atoms with E-state index in [2.05, 4.69) is 9.97 Å². The number of pyridine rings is 1. The Kier molecular flexibility index (Phi) is 6.41. The summed E-state index contributed by atoms with van der Waals surface area (Å²) in [4.78, 5) is 27.0. The number of hydrogen-bond donors (Lipinski definition) is 0. The van der Waals surface area contributed by atoms with Gasteiger partial charge in [0.1, 0.15) is 17.5 Å². The lowest BCUT2D eigenvalue weighted by Crippen LogP contribution is -2.36. The molecule has 6 nitrogen and oxygen atoms in total. The zero-order chi connectivity index (χ0) is 23.7. The lowest BCUT2D eigenvalue weighted by Gasteiger charge is -2.32. The molecule has 0 N–H and O–H groups in total. The zero-order valence-electron chi connectivity index (χ0n) is 19.2. The molecule has 1 aliphatic heterocycles. The molecule has 1 atom stereocenters. The standard InChI is InChI=1S/C26H28F2N4O2/c1-17-30-7-8-31(17)24-12-19(11-22(27)14-24)10-18-2-4-20(5-3-18)26(33)32-25(6-9-34-32)21-13-23(28)16-29-15-21/h7-8,11-16,18,20,25H,2-6,9-10H2,1H3/t18-,20-,25-/m0/s1. The lowest BCUT2D eigenvalue weighted by atomic mass is 9.78. The first-order valence-corrected chi connectivity index (χ1v) is 11.8. The fourth-order valence-electron chi connectivity index (χ4n) is 5.27. The summed E-state index contributed by atoms with van der Waals surface area (Å²) in [5.74, 6) is 0.385. The summed E-state index contributed by atoms with van der Waals surface area (Å²) >= 11 is 0. The van der Waals surface area contributed by atoms with Crippen LogP contribution in [0.1, 0.15) is 55.1 Å². The molecule has 3 aromatic rings. The van der Waals surface area contributed by atoms with Gasteiger partial charge in [-0.3, -0.25) is 14.6 Å². The average molecular weight is 467 g/mol. The van der Waals surface area contributed by atoms with Crippen molar-refractivity contribution >= 4 is 5.91 Å². The third-order valence-electron chi connectivity index (χ3n) is 7.00. The van der Waals surface area contributed by atoms with Gasteiger partial charge in [0.15, 0.2) is 0 Å². The molecule has 1 saturated heterocycles. The van der Waals surface area contributed by atoms with E-state index >= 15 is 0 Å². The number of imidazole rings is 1. The summed E-state index contributed by atoms with van der Waals surface area (Å²) in [6.07, 6.45) is 11.0. The molecule has 178 valence electrons. The van der Waals surface area contributed by atoms with E-state index in [0.29, 0.717) is 24.5 Å². The number of carbonyl (C=O) groups is 1. The summed E-state index contributed by atoms with van der Waals surface area (Å²) in [6.45, 7) is 2.32. The van der Waals surface area contributed by atoms with Gasteiger partial charge >= 0.3 is 0 Å². The smallest absolute Gasteiger partial charge is 0.249 e. The molecule has 8 heteroatoms. The summed E-state index contributed by atoms with van der Waals surface area (Å²) in [7, 11) is 0. The molecule has 3 heterocycles. The number of amides is 1. The van der Waals surface area contributed by atoms with Crippen molar-refractivity contribution in [3.8, 4) is 5.69 Å². The summed E-state index contributed by atoms with van der Waals surface area (Å²) in [5, 5.41) is 1.44. The van der Waals surface area contributed by atoms with Gasteiger partial charge < -0.3 is 4.57 Å². The Morgan fingerprint density at radius 2 is 1.88 bits per heavy atom. The Balaban J connectivity index is 1.21. The van der Waals surface area contributed by atoms with Crippen LogP contribution in [0.15, 0.2) is 49.1 Å². The van der Waals surface area contributed by atoms with E-state index in [1.807, 2.05) is 23.8 Å². The van der Waals surface area contributed by atoms with Crippen LogP contribution in [0.4, 0.5) is 8.78 Å². The van der Waals surface area contributed by atoms with E-state index in [1.54, 1.807) is 18.5 Å². The fourth-order valence-corrected chi connectivity index (χ4v) is 5.27. The molecule has 2 aromatic heterocycles. The number of aromatic nitrogens is 3. The number of rotatable bonds is 5. The number of nitrogens with zero attached hydrogens (tertiary/aromatic N) is 4. The molecule has 0 radical (unpaired) electrons. The molecule has 2 fully saturated rings. The quantitative estimate of drug-likeness (QED) is 0.525. The first-order chi connectivity index (χ1) is 16.5. The largest absolute Gasteiger partial charge is 0.304 e. The van der Waals surface area contributed by atoms with Crippen LogP contribution in [0.5, 0.6) is 0 Å². The molecule has 34 heavy (non-hydrogen) atoms. The van der Waals surface area contributed by atoms with Crippen LogP contribution >= 0.6 is 0 Å². The maximum Gasteiger partial charge on any atom is 0.249 e. The van der Waals surface area contributed by atoms with Crippen molar-refractivity contribution in [2.75, 3.05) is 6.61 Å². The third-order valence-corrected chi connectivity index (χ3v) is 7.00. The molecule has 0 spiro atoms. The molecule has 1 amide bonds. The second-order valence-electron chi connectivity index (χ2n) is 9.32. The van der Waals surface area contributed by atoms with Crippen molar-refractivity contribution in [2.24, 2.45) is 11.8 Å². The van der Waals surface area contributed by atoms with Crippen LogP contribution in [0.25, 0.3) is 5.69 Å². The molecule has 0 unspecified atom stereocenters. The second-order valence-corrected chi connectivity index (χ2v) is 9.32. The van der Waals surface area contributed by atoms with Crippen molar-refractivity contribution in [1.82, 2.24) is 19.6 Å². The maximum absolute atomic E-state index is 14.3. The number of halogens is 2. The maximum atomic E-state index is 14.3. The highest BCUT2D eigenvalue weighted by molar-refractivity contribution is 5.78. The van der Waals surface area contributed by atoms with Crippen LogP contribution in [0.2, 0.25) is 0 Å². The van der Waals surface area contributed by atoms with Gasteiger partial charge in [-0.15, -0.1) is 0 Å². The summed E-state index contributed by atoms with van der Waals surface area (Å²) in [6, 6.07) is 6.26. The molecular formula is C26H28F2N4O2. The van der Waals surface area contributed by atoms with Crippen molar-refractivity contribution in [2.45, 2.75) is 51.5 Å². The Morgan fingerprint density at radius 3 is 2.62 bits per heavy atom. The third kappa shape index (κ3) is 4.73. The fraction of sp³-hybridized carbons (Fsp3) is 0.423. The normalized spacial score (nSPS) is 22.8. The molecule has 5 rings (SSSR count). The highest BCUT2D eigenvalue weighted by Crippen LogP contribution is 2.37. The van der Waals surface area contributed by atoms with Gasteiger partial charge in [-0.2, -0.15) is 0 Å². The minimum absolute atomic E-state index is 0.0335. The molecule has 0 bridgehead atoms. The molecule has 1 aliphatic carbocycles. The highest BCUT2D eigenvalue weighted by Gasteiger charge is 2.37. The second kappa shape index (κ2) is 9.62. The molecular weight excluding hydrogens is 438 g/mol. The van der Waals surface area contributed by atoms with Crippen molar-refractivity contribution in [3.05, 3.63) is 77.6 Å². The van der Waals surface area contributed by atoms with Gasteiger partial charge in [-0.1, -0.05) is 0 Å². The van der Waals surface area contributed by atoms with E-state index in [9.17, 15) is 13.6 Å². The predicted molar refractivity (Wildman–Crippen MR) is 122 cm³/mol. The van der Waals surface area contributed by atoms with Crippen molar-refractivity contribution < 1.29 is 18.4 Å². The summed E-state index contributed by atoms with van der Waals surface area (Å²) in [5.41, 5.74) is 2.40. The van der Waals surface area contributed by atoms with Crippen LogP contribution in [0, 0.1) is 30.4 Å². The van der Waals surface area contributed by atoms with Crippen molar-refractivity contribution in [1.29, 1.82) is 0 Å². The molecule has 1 aromatic carbocycles. The van der Waals surface area contributed by atoms with Gasteiger partial charge in [0.05, 0.1) is 18.8 Å². The minimum atomic E-state index is -0.416. The van der Waals surface area contributed by atoms with E-state index < -0.39 is 5.82 Å². The number of aryl methyl sites for hydroxylation is 1. The number of benzene rings is 1. The van der Waals surface area contributed by atoms with Gasteiger partial charge in [0.25, 0.3) is 0 Å². The monoisotopic (exact) mass is 466 g/mol. The van der Waals surface area contributed by atoms with Crippen LogP contribution in [-0.2, 0) is 16.1 Å². The van der Waals surface area contributed by atoms with Crippen LogP contribution in [0.3, 0.4) is 0 Å². The predicted octanol–water partition coefficient (Wildman–Crippen LogP) is 5.11. The topological polar surface area (TPSA) is 60.2 Å². The van der Waals surface area contributed by atoms with Crippen LogP contribution in [-0.4, -0.2) is 32.1 Å². The Labute approximate surface area is 197 Å². The van der Waals surface area contributed by atoms with E-state index in [1.165, 1.54) is 17.2 Å². The Bertz CT molecular complexity index is 1170. The first-order valence-electron chi connectivity index (χ1n) is 11.8. The van der Waals surface area contributed by atoms with E-state index in [-0.39, 0.29) is 23.7 Å². The van der Waals surface area contributed by atoms with Gasteiger partial charge in [-0.25, -0.2) is 18.8 Å². The summed E-state index contributed by atoms with van der Waals surface area (Å²) < 4.78 is 29.8. The Hall–Kier alpha value is -3.13. The number of hydrogen-bond acceptors (Lipinski definition) is 4. The van der Waals surface area contributed by atoms with E-state index in [0.717, 1.165) is 55.4 Å². The number of carbonyl (C=O) groups excluding carboxylic acids is 1. The zero-order valence-corrected chi connectivity index (χ0v) is 19.2. The number of hydroxylamine groups is 2. The van der Waals surface area contributed by atoms with Gasteiger partial charge in [0, 0.05) is 36.6 Å². The average Bonchev–Trinajstić information content (AvgIpc) is 3.48.